The molecule has 10 nitrogen and oxygen atoms in total. The highest BCUT2D eigenvalue weighted by molar-refractivity contribution is 5.82. The smallest absolute Gasteiger partial charge is 0.354 e. The first kappa shape index (κ1) is 26.0. The SMILES string of the molecule is NCCOCc1ccc(F)c(-c2cc3cn(-c4ccc(CNCCCN=C(N)N)cc4)c(=O)nc3[nH]2)c1. The maximum atomic E-state index is 14.6. The van der Waals surface area contributed by atoms with Crippen molar-refractivity contribution in [2.45, 2.75) is 19.6 Å². The van der Waals surface area contributed by atoms with Crippen LogP contribution in [0.1, 0.15) is 17.5 Å². The van der Waals surface area contributed by atoms with E-state index in [-0.39, 0.29) is 11.8 Å². The van der Waals surface area contributed by atoms with E-state index < -0.39 is 5.69 Å². The molecule has 0 aliphatic carbocycles. The number of aromatic amines is 1. The molecule has 8 N–H and O–H groups in total. The summed E-state index contributed by atoms with van der Waals surface area (Å²) in [6.45, 7) is 3.20. The summed E-state index contributed by atoms with van der Waals surface area (Å²) in [5.74, 6) is -0.287. The van der Waals surface area contributed by atoms with Crippen LogP contribution in [0.3, 0.4) is 0 Å². The minimum atomic E-state index is -0.434. The number of nitrogens with zero attached hydrogens (tertiary/aromatic N) is 3. The predicted molar refractivity (Wildman–Crippen MR) is 143 cm³/mol. The summed E-state index contributed by atoms with van der Waals surface area (Å²) < 4.78 is 21.6. The van der Waals surface area contributed by atoms with Crippen molar-refractivity contribution in [1.29, 1.82) is 0 Å². The zero-order valence-electron chi connectivity index (χ0n) is 20.4. The quantitative estimate of drug-likeness (QED) is 0.111. The molecule has 0 amide bonds. The lowest BCUT2D eigenvalue weighted by Gasteiger charge is -2.08. The Morgan fingerprint density at radius 1 is 1.14 bits per heavy atom. The number of nitrogens with one attached hydrogen (secondary N) is 2. The van der Waals surface area contributed by atoms with Gasteiger partial charge in [0, 0.05) is 36.8 Å². The fourth-order valence-corrected chi connectivity index (χ4v) is 3.89. The summed E-state index contributed by atoms with van der Waals surface area (Å²) in [6, 6.07) is 14.2. The number of hydrogen-bond donors (Lipinski definition) is 5. The standard InChI is InChI=1S/C26H31FN8O2/c27-22-7-4-18(16-37-11-8-28)12-21(22)23-13-19-15-35(26(36)34-24(19)33-23)20-5-2-17(3-6-20)14-31-9-1-10-32-25(29)30/h2-7,12-13,15,31H,1,8-11,14,16,28H2,(H4,29,30,32)(H,33,34,36). The number of hydrogen-bond acceptors (Lipinski definition) is 6. The largest absolute Gasteiger partial charge is 0.375 e. The van der Waals surface area contributed by atoms with Crippen LogP contribution < -0.4 is 28.2 Å². The molecule has 0 aliphatic rings. The number of halogens is 1. The summed E-state index contributed by atoms with van der Waals surface area (Å²) in [6.07, 6.45) is 2.53. The number of ether oxygens (including phenoxy) is 1. The van der Waals surface area contributed by atoms with Crippen LogP contribution in [0.2, 0.25) is 0 Å². The van der Waals surface area contributed by atoms with Crippen molar-refractivity contribution in [3.8, 4) is 16.9 Å². The molecule has 4 aromatic rings. The van der Waals surface area contributed by atoms with Gasteiger partial charge in [-0.05, 0) is 54.4 Å². The molecule has 0 saturated heterocycles. The van der Waals surface area contributed by atoms with E-state index in [0.717, 1.165) is 24.1 Å². The molecular weight excluding hydrogens is 475 g/mol. The van der Waals surface area contributed by atoms with E-state index in [2.05, 4.69) is 20.3 Å². The van der Waals surface area contributed by atoms with E-state index in [0.29, 0.717) is 60.8 Å². The van der Waals surface area contributed by atoms with Crippen LogP contribution >= 0.6 is 0 Å². The molecule has 0 aliphatic heterocycles. The van der Waals surface area contributed by atoms with Crippen LogP contribution in [0.4, 0.5) is 4.39 Å². The Hall–Kier alpha value is -4.06. The van der Waals surface area contributed by atoms with Crippen LogP contribution in [-0.4, -0.2) is 46.7 Å². The summed E-state index contributed by atoms with van der Waals surface area (Å²) in [7, 11) is 0. The molecule has 0 saturated carbocycles. The van der Waals surface area contributed by atoms with Gasteiger partial charge < -0.3 is 32.2 Å². The Bertz CT molecular complexity index is 1430. The zero-order valence-corrected chi connectivity index (χ0v) is 20.4. The second-order valence-electron chi connectivity index (χ2n) is 8.54. The topological polar surface area (TPSA) is 162 Å². The van der Waals surface area contributed by atoms with Gasteiger partial charge in [-0.1, -0.05) is 18.2 Å². The lowest BCUT2D eigenvalue weighted by molar-refractivity contribution is 0.128. The maximum Gasteiger partial charge on any atom is 0.354 e. The molecule has 11 heteroatoms. The minimum Gasteiger partial charge on any atom is -0.375 e. The summed E-state index contributed by atoms with van der Waals surface area (Å²) in [5, 5.41) is 4.02. The number of aliphatic imine (C=N–C) groups is 1. The molecule has 2 aromatic heterocycles. The number of H-pyrrole nitrogens is 1. The molecule has 2 aromatic carbocycles. The van der Waals surface area contributed by atoms with Crippen molar-refractivity contribution in [3.63, 3.8) is 0 Å². The van der Waals surface area contributed by atoms with E-state index >= 15 is 0 Å². The minimum absolute atomic E-state index is 0.0971. The van der Waals surface area contributed by atoms with Crippen molar-refractivity contribution in [1.82, 2.24) is 19.9 Å². The Morgan fingerprint density at radius 2 is 1.92 bits per heavy atom. The van der Waals surface area contributed by atoms with Crippen molar-refractivity contribution in [2.24, 2.45) is 22.2 Å². The summed E-state index contributed by atoms with van der Waals surface area (Å²) in [4.78, 5) is 23.9. The molecule has 194 valence electrons. The Balaban J connectivity index is 1.49. The van der Waals surface area contributed by atoms with Crippen LogP contribution in [0, 0.1) is 5.82 Å². The van der Waals surface area contributed by atoms with Crippen LogP contribution in [0.15, 0.2) is 64.5 Å². The number of benzene rings is 2. The van der Waals surface area contributed by atoms with Gasteiger partial charge in [-0.2, -0.15) is 4.98 Å². The first-order valence-electron chi connectivity index (χ1n) is 12.0. The van der Waals surface area contributed by atoms with Gasteiger partial charge >= 0.3 is 5.69 Å². The summed E-state index contributed by atoms with van der Waals surface area (Å²) in [5.41, 5.74) is 19.5. The number of nitrogens with two attached hydrogens (primary N) is 3. The van der Waals surface area contributed by atoms with Gasteiger partial charge in [0.1, 0.15) is 11.5 Å². The number of rotatable bonds is 12. The maximum absolute atomic E-state index is 14.6. The van der Waals surface area contributed by atoms with Crippen molar-refractivity contribution in [3.05, 3.63) is 82.2 Å². The Kier molecular flexibility index (Phi) is 8.62. The number of fused-ring (bicyclic) bond motifs is 1. The normalized spacial score (nSPS) is 11.2. The predicted octanol–water partition coefficient (Wildman–Crippen LogP) is 1.75. The lowest BCUT2D eigenvalue weighted by Crippen LogP contribution is -2.23. The molecule has 0 fully saturated rings. The van der Waals surface area contributed by atoms with E-state index in [1.54, 1.807) is 24.4 Å². The molecule has 2 heterocycles. The number of aromatic nitrogens is 3. The third kappa shape index (κ3) is 6.79. The van der Waals surface area contributed by atoms with E-state index in [4.69, 9.17) is 21.9 Å². The molecular formula is C26H31FN8O2. The molecule has 4 rings (SSSR count). The first-order chi connectivity index (χ1) is 17.9. The van der Waals surface area contributed by atoms with Gasteiger partial charge in [0.05, 0.1) is 24.6 Å². The van der Waals surface area contributed by atoms with Gasteiger partial charge in [0.2, 0.25) is 0 Å². The van der Waals surface area contributed by atoms with Gasteiger partial charge in [-0.3, -0.25) is 9.56 Å². The molecule has 0 radical (unpaired) electrons. The molecule has 0 atom stereocenters. The van der Waals surface area contributed by atoms with Gasteiger partial charge in [-0.25, -0.2) is 9.18 Å². The van der Waals surface area contributed by atoms with E-state index in [9.17, 15) is 9.18 Å². The van der Waals surface area contributed by atoms with Crippen molar-refractivity contribution >= 4 is 17.0 Å². The average Bonchev–Trinajstić information content (AvgIpc) is 3.29. The average molecular weight is 507 g/mol. The lowest BCUT2D eigenvalue weighted by atomic mass is 10.1. The zero-order chi connectivity index (χ0) is 26.2. The third-order valence-electron chi connectivity index (χ3n) is 5.71. The van der Waals surface area contributed by atoms with Crippen molar-refractivity contribution < 1.29 is 9.13 Å². The highest BCUT2D eigenvalue weighted by atomic mass is 19.1. The fourth-order valence-electron chi connectivity index (χ4n) is 3.89. The monoisotopic (exact) mass is 506 g/mol. The molecule has 37 heavy (non-hydrogen) atoms. The molecule has 0 unspecified atom stereocenters. The highest BCUT2D eigenvalue weighted by Gasteiger charge is 2.13. The Morgan fingerprint density at radius 3 is 2.68 bits per heavy atom. The van der Waals surface area contributed by atoms with E-state index in [1.807, 2.05) is 24.3 Å². The second-order valence-corrected chi connectivity index (χ2v) is 8.54. The first-order valence-corrected chi connectivity index (χ1v) is 12.0. The van der Waals surface area contributed by atoms with Crippen molar-refractivity contribution in [2.75, 3.05) is 26.2 Å². The van der Waals surface area contributed by atoms with Gasteiger partial charge in [-0.15, -0.1) is 0 Å². The molecule has 0 bridgehead atoms. The van der Waals surface area contributed by atoms with Crippen LogP contribution in [0.5, 0.6) is 0 Å². The van der Waals surface area contributed by atoms with Crippen LogP contribution in [-0.2, 0) is 17.9 Å². The van der Waals surface area contributed by atoms with E-state index in [1.165, 1.54) is 10.6 Å². The van der Waals surface area contributed by atoms with Gasteiger partial charge in [0.25, 0.3) is 0 Å². The van der Waals surface area contributed by atoms with Gasteiger partial charge in [0.15, 0.2) is 5.96 Å². The highest BCUT2D eigenvalue weighted by Crippen LogP contribution is 2.26. The summed E-state index contributed by atoms with van der Waals surface area (Å²) >= 11 is 0. The third-order valence-corrected chi connectivity index (χ3v) is 5.71. The number of guanidine groups is 1. The fraction of sp³-hybridized carbons (Fsp3) is 0.269. The second kappa shape index (κ2) is 12.3. The molecule has 0 spiro atoms. The Labute approximate surface area is 213 Å². The van der Waals surface area contributed by atoms with Crippen LogP contribution in [0.25, 0.3) is 28.0 Å².